The predicted molar refractivity (Wildman–Crippen MR) is 91.8 cm³/mol. The lowest BCUT2D eigenvalue weighted by molar-refractivity contribution is 0.391. The highest BCUT2D eigenvalue weighted by atomic mass is 32.1. The van der Waals surface area contributed by atoms with E-state index in [2.05, 4.69) is 45.2 Å². The summed E-state index contributed by atoms with van der Waals surface area (Å²) in [4.78, 5) is 5.65. The molecule has 0 amide bonds. The predicted octanol–water partition coefficient (Wildman–Crippen LogP) is 2.86. The molecule has 120 valence electrons. The first-order valence-corrected chi connectivity index (χ1v) is 8.39. The van der Waals surface area contributed by atoms with Crippen LogP contribution in [0.3, 0.4) is 0 Å². The van der Waals surface area contributed by atoms with E-state index < -0.39 is 0 Å². The van der Waals surface area contributed by atoms with Crippen molar-refractivity contribution in [1.29, 1.82) is 0 Å². The molecule has 0 aliphatic rings. The number of aliphatic imine (C=N–C) groups is 1. The quantitative estimate of drug-likeness (QED) is 0.634. The Morgan fingerprint density at radius 1 is 1.41 bits per heavy atom. The van der Waals surface area contributed by atoms with Crippen LogP contribution in [0.4, 0.5) is 0 Å². The van der Waals surface area contributed by atoms with Gasteiger partial charge in [-0.1, -0.05) is 18.1 Å². The number of hydrogen-bond donors (Lipinski definition) is 2. The van der Waals surface area contributed by atoms with Gasteiger partial charge in [0.05, 0.1) is 5.69 Å². The van der Waals surface area contributed by atoms with Crippen LogP contribution in [0.5, 0.6) is 0 Å². The number of guanidine groups is 1. The van der Waals surface area contributed by atoms with Crippen LogP contribution in [0.1, 0.15) is 34.7 Å². The molecule has 1 unspecified atom stereocenters. The minimum absolute atomic E-state index is 0.321. The number of hydrogen-bond acceptors (Lipinski definition) is 4. The molecule has 0 bridgehead atoms. The first-order chi connectivity index (χ1) is 10.6. The molecule has 0 aliphatic carbocycles. The van der Waals surface area contributed by atoms with E-state index in [9.17, 15) is 0 Å². The molecule has 0 spiro atoms. The van der Waals surface area contributed by atoms with Crippen molar-refractivity contribution in [3.8, 4) is 0 Å². The van der Waals surface area contributed by atoms with Gasteiger partial charge in [-0.15, -0.1) is 11.3 Å². The molecule has 0 saturated carbocycles. The average molecular weight is 320 g/mol. The van der Waals surface area contributed by atoms with Crippen LogP contribution in [0.15, 0.2) is 27.0 Å². The third-order valence-corrected chi connectivity index (χ3v) is 4.56. The SMILES string of the molecule is CN=C(NCCc1cccs1)NCC(C)c1c(C)noc1C. The minimum Gasteiger partial charge on any atom is -0.361 e. The van der Waals surface area contributed by atoms with Crippen molar-refractivity contribution in [2.24, 2.45) is 4.99 Å². The van der Waals surface area contributed by atoms with Gasteiger partial charge >= 0.3 is 0 Å². The van der Waals surface area contributed by atoms with Gasteiger partial charge in [-0.05, 0) is 31.7 Å². The molecule has 0 saturated heterocycles. The monoisotopic (exact) mass is 320 g/mol. The van der Waals surface area contributed by atoms with Crippen molar-refractivity contribution >= 4 is 17.3 Å². The third-order valence-electron chi connectivity index (χ3n) is 3.62. The summed E-state index contributed by atoms with van der Waals surface area (Å²) in [6, 6.07) is 4.24. The van der Waals surface area contributed by atoms with Crippen molar-refractivity contribution in [2.45, 2.75) is 33.1 Å². The molecule has 2 rings (SSSR count). The molecular weight excluding hydrogens is 296 g/mol. The number of aromatic nitrogens is 1. The van der Waals surface area contributed by atoms with E-state index in [1.165, 1.54) is 10.4 Å². The summed E-state index contributed by atoms with van der Waals surface area (Å²) < 4.78 is 5.23. The summed E-state index contributed by atoms with van der Waals surface area (Å²) in [5, 5.41) is 12.8. The fraction of sp³-hybridized carbons (Fsp3) is 0.500. The summed E-state index contributed by atoms with van der Waals surface area (Å²) in [7, 11) is 1.79. The van der Waals surface area contributed by atoms with E-state index in [-0.39, 0.29) is 0 Å². The largest absolute Gasteiger partial charge is 0.361 e. The zero-order valence-electron chi connectivity index (χ0n) is 13.6. The lowest BCUT2D eigenvalue weighted by atomic mass is 10.00. The van der Waals surface area contributed by atoms with Crippen molar-refractivity contribution < 1.29 is 4.52 Å². The summed E-state index contributed by atoms with van der Waals surface area (Å²) >= 11 is 1.78. The van der Waals surface area contributed by atoms with Crippen LogP contribution >= 0.6 is 11.3 Å². The van der Waals surface area contributed by atoms with E-state index >= 15 is 0 Å². The summed E-state index contributed by atoms with van der Waals surface area (Å²) in [5.41, 5.74) is 2.15. The molecular formula is C16H24N4OS. The van der Waals surface area contributed by atoms with Gasteiger partial charge in [0.2, 0.25) is 0 Å². The fourth-order valence-corrected chi connectivity index (χ4v) is 3.23. The fourth-order valence-electron chi connectivity index (χ4n) is 2.52. The van der Waals surface area contributed by atoms with Gasteiger partial charge in [0.25, 0.3) is 0 Å². The van der Waals surface area contributed by atoms with Crippen LogP contribution in [0, 0.1) is 13.8 Å². The van der Waals surface area contributed by atoms with Crippen molar-refractivity contribution in [2.75, 3.05) is 20.1 Å². The molecule has 2 aromatic heterocycles. The minimum atomic E-state index is 0.321. The second kappa shape index (κ2) is 7.98. The number of rotatable bonds is 6. The van der Waals surface area contributed by atoms with E-state index in [4.69, 9.17) is 4.52 Å². The molecule has 0 radical (unpaired) electrons. The first kappa shape index (κ1) is 16.5. The van der Waals surface area contributed by atoms with E-state index in [0.717, 1.165) is 36.9 Å². The second-order valence-electron chi connectivity index (χ2n) is 5.35. The van der Waals surface area contributed by atoms with Crippen molar-refractivity contribution in [1.82, 2.24) is 15.8 Å². The zero-order valence-corrected chi connectivity index (χ0v) is 14.5. The van der Waals surface area contributed by atoms with Crippen LogP contribution in [0.2, 0.25) is 0 Å². The highest BCUT2D eigenvalue weighted by Gasteiger charge is 2.16. The van der Waals surface area contributed by atoms with Gasteiger partial charge < -0.3 is 15.2 Å². The maximum Gasteiger partial charge on any atom is 0.191 e. The lowest BCUT2D eigenvalue weighted by Crippen LogP contribution is -2.40. The highest BCUT2D eigenvalue weighted by molar-refractivity contribution is 7.09. The molecule has 0 fully saturated rings. The number of thiophene rings is 1. The number of nitrogens with one attached hydrogen (secondary N) is 2. The van der Waals surface area contributed by atoms with Gasteiger partial charge in [0, 0.05) is 36.5 Å². The maximum atomic E-state index is 5.23. The van der Waals surface area contributed by atoms with Gasteiger partial charge in [-0.25, -0.2) is 0 Å². The Morgan fingerprint density at radius 3 is 2.82 bits per heavy atom. The third kappa shape index (κ3) is 4.34. The summed E-state index contributed by atoms with van der Waals surface area (Å²) in [6.07, 6.45) is 1.01. The molecule has 22 heavy (non-hydrogen) atoms. The van der Waals surface area contributed by atoms with Gasteiger partial charge in [0.15, 0.2) is 5.96 Å². The number of aryl methyl sites for hydroxylation is 2. The second-order valence-corrected chi connectivity index (χ2v) is 6.38. The van der Waals surface area contributed by atoms with E-state index in [1.54, 1.807) is 18.4 Å². The van der Waals surface area contributed by atoms with Crippen LogP contribution in [-0.2, 0) is 6.42 Å². The summed E-state index contributed by atoms with van der Waals surface area (Å²) in [6.45, 7) is 7.77. The van der Waals surface area contributed by atoms with Crippen molar-refractivity contribution in [3.63, 3.8) is 0 Å². The molecule has 2 N–H and O–H groups in total. The molecule has 2 aromatic rings. The standard InChI is InChI=1S/C16H24N4OS/c1-11(15-12(2)20-21-13(15)3)10-19-16(17-4)18-8-7-14-6-5-9-22-14/h5-6,9,11H,7-8,10H2,1-4H3,(H2,17,18,19). The van der Waals surface area contributed by atoms with Crippen molar-refractivity contribution in [3.05, 3.63) is 39.4 Å². The summed E-state index contributed by atoms with van der Waals surface area (Å²) in [5.74, 6) is 2.05. The Hall–Kier alpha value is -1.82. The van der Waals surface area contributed by atoms with Crippen LogP contribution < -0.4 is 10.6 Å². The molecule has 2 heterocycles. The molecule has 6 heteroatoms. The Morgan fingerprint density at radius 2 is 2.23 bits per heavy atom. The van der Waals surface area contributed by atoms with Gasteiger partial charge in [0.1, 0.15) is 5.76 Å². The maximum absolute atomic E-state index is 5.23. The number of nitrogens with zero attached hydrogens (tertiary/aromatic N) is 2. The normalized spacial score (nSPS) is 13.2. The molecule has 1 atom stereocenters. The Labute approximate surface area is 135 Å². The van der Waals surface area contributed by atoms with E-state index in [1.807, 2.05) is 13.8 Å². The zero-order chi connectivity index (χ0) is 15.9. The Bertz CT molecular complexity index is 584. The van der Waals surface area contributed by atoms with Gasteiger partial charge in [-0.2, -0.15) is 0 Å². The highest BCUT2D eigenvalue weighted by Crippen LogP contribution is 2.22. The van der Waals surface area contributed by atoms with E-state index in [0.29, 0.717) is 5.92 Å². The molecule has 5 nitrogen and oxygen atoms in total. The smallest absolute Gasteiger partial charge is 0.191 e. The first-order valence-electron chi connectivity index (χ1n) is 7.51. The topological polar surface area (TPSA) is 62.5 Å². The van der Waals surface area contributed by atoms with Crippen LogP contribution in [-0.4, -0.2) is 31.3 Å². The lowest BCUT2D eigenvalue weighted by Gasteiger charge is -2.16. The molecule has 0 aliphatic heterocycles. The molecule has 0 aromatic carbocycles. The Balaban J connectivity index is 1.78. The Kier molecular flexibility index (Phi) is 6.00. The van der Waals surface area contributed by atoms with Crippen LogP contribution in [0.25, 0.3) is 0 Å². The van der Waals surface area contributed by atoms with Gasteiger partial charge in [-0.3, -0.25) is 4.99 Å². The average Bonchev–Trinajstić information content (AvgIpc) is 3.12.